The summed E-state index contributed by atoms with van der Waals surface area (Å²) in [6.07, 6.45) is 0.677. The normalized spacial score (nSPS) is 15.1. The van der Waals surface area contributed by atoms with Crippen molar-refractivity contribution in [3.8, 4) is 0 Å². The number of H-pyrrole nitrogens is 1. The standard InChI is InChI=1S/C9H7NO4/c11-7-2-4-1-6(9(13)14)10-5(4)3-8(7)12/h1-3,9-10,13-14H. The van der Waals surface area contributed by atoms with Gasteiger partial charge in [0.1, 0.15) is 0 Å². The van der Waals surface area contributed by atoms with Gasteiger partial charge in [-0.2, -0.15) is 0 Å². The maximum atomic E-state index is 11.0. The van der Waals surface area contributed by atoms with E-state index in [4.69, 9.17) is 10.2 Å². The predicted octanol–water partition coefficient (Wildman–Crippen LogP) is -2.29. The van der Waals surface area contributed by atoms with Crippen LogP contribution in [0.3, 0.4) is 0 Å². The second-order valence-corrected chi connectivity index (χ2v) is 2.98. The number of nitrogens with one attached hydrogen (secondary N) is 1. The summed E-state index contributed by atoms with van der Waals surface area (Å²) in [7, 11) is 0. The lowest BCUT2D eigenvalue weighted by Gasteiger charge is -1.96. The first-order chi connectivity index (χ1) is 6.58. The summed E-state index contributed by atoms with van der Waals surface area (Å²) < 4.78 is 0. The summed E-state index contributed by atoms with van der Waals surface area (Å²) >= 11 is 0. The third kappa shape index (κ3) is 1.28. The van der Waals surface area contributed by atoms with Gasteiger partial charge in [-0.25, -0.2) is 0 Å². The van der Waals surface area contributed by atoms with Crippen molar-refractivity contribution in [2.45, 2.75) is 6.29 Å². The molecule has 0 aliphatic heterocycles. The number of fused-ring (bicyclic) bond motifs is 1. The number of carbonyl (C=O) groups is 2. The van der Waals surface area contributed by atoms with Gasteiger partial charge in [0.25, 0.3) is 0 Å². The van der Waals surface area contributed by atoms with Crippen molar-refractivity contribution in [2.75, 3.05) is 0 Å². The van der Waals surface area contributed by atoms with E-state index >= 15 is 0 Å². The van der Waals surface area contributed by atoms with Gasteiger partial charge in [-0.3, -0.25) is 9.59 Å². The van der Waals surface area contributed by atoms with E-state index in [2.05, 4.69) is 4.98 Å². The zero-order chi connectivity index (χ0) is 10.3. The highest BCUT2D eigenvalue weighted by atomic mass is 16.5. The minimum Gasteiger partial charge on any atom is -0.363 e. The fourth-order valence-corrected chi connectivity index (χ4v) is 1.30. The molecule has 0 spiro atoms. The van der Waals surface area contributed by atoms with Gasteiger partial charge < -0.3 is 15.2 Å². The molecule has 1 aliphatic rings. The Labute approximate surface area is 78.0 Å². The highest BCUT2D eigenvalue weighted by Gasteiger charge is 2.14. The van der Waals surface area contributed by atoms with E-state index < -0.39 is 17.9 Å². The molecular formula is C9H7NO4. The van der Waals surface area contributed by atoms with Crippen LogP contribution in [0.15, 0.2) is 6.07 Å². The molecule has 2 rings (SSSR count). The van der Waals surface area contributed by atoms with Crippen LogP contribution in [-0.4, -0.2) is 26.8 Å². The minimum absolute atomic E-state index is 0.157. The molecule has 0 fully saturated rings. The van der Waals surface area contributed by atoms with Crippen LogP contribution < -0.4 is 10.6 Å². The van der Waals surface area contributed by atoms with Crippen molar-refractivity contribution < 1.29 is 19.8 Å². The molecule has 0 saturated carbocycles. The van der Waals surface area contributed by atoms with Crippen LogP contribution in [0.1, 0.15) is 12.0 Å². The molecule has 14 heavy (non-hydrogen) atoms. The van der Waals surface area contributed by atoms with Crippen molar-refractivity contribution in [2.24, 2.45) is 0 Å². The molecule has 1 aromatic heterocycles. The number of ketones is 2. The lowest BCUT2D eigenvalue weighted by Crippen LogP contribution is -2.31. The summed E-state index contributed by atoms with van der Waals surface area (Å²) in [4.78, 5) is 24.5. The Hall–Kier alpha value is -1.72. The summed E-state index contributed by atoms with van der Waals surface area (Å²) in [6, 6.07) is 1.42. The number of aromatic amines is 1. The lowest BCUT2D eigenvalue weighted by atomic mass is 10.1. The molecule has 0 bridgehead atoms. The second kappa shape index (κ2) is 2.90. The van der Waals surface area contributed by atoms with Crippen molar-refractivity contribution >= 4 is 23.7 Å². The molecule has 1 aliphatic carbocycles. The van der Waals surface area contributed by atoms with Gasteiger partial charge in [0, 0.05) is 16.6 Å². The number of rotatable bonds is 1. The van der Waals surface area contributed by atoms with E-state index in [0.29, 0.717) is 10.6 Å². The van der Waals surface area contributed by atoms with Crippen LogP contribution in [0, 0.1) is 0 Å². The Morgan fingerprint density at radius 3 is 2.43 bits per heavy atom. The number of hydrogen-bond acceptors (Lipinski definition) is 4. The van der Waals surface area contributed by atoms with Crippen molar-refractivity contribution in [1.29, 1.82) is 0 Å². The first kappa shape index (κ1) is 8.86. The molecule has 5 nitrogen and oxygen atoms in total. The highest BCUT2D eigenvalue weighted by Crippen LogP contribution is 2.00. The van der Waals surface area contributed by atoms with Crippen LogP contribution in [-0.2, 0) is 9.59 Å². The van der Waals surface area contributed by atoms with Crippen LogP contribution in [0.4, 0.5) is 0 Å². The second-order valence-electron chi connectivity index (χ2n) is 2.98. The first-order valence-corrected chi connectivity index (χ1v) is 3.95. The van der Waals surface area contributed by atoms with E-state index in [-0.39, 0.29) is 5.69 Å². The zero-order valence-corrected chi connectivity index (χ0v) is 7.02. The van der Waals surface area contributed by atoms with E-state index in [1.807, 2.05) is 0 Å². The number of aliphatic hydroxyl groups is 2. The molecule has 1 aromatic rings. The molecule has 0 atom stereocenters. The Balaban J connectivity index is 2.69. The first-order valence-electron chi connectivity index (χ1n) is 3.95. The Morgan fingerprint density at radius 2 is 1.79 bits per heavy atom. The molecule has 0 radical (unpaired) electrons. The number of hydrogen-bond donors (Lipinski definition) is 3. The van der Waals surface area contributed by atoms with Gasteiger partial charge in [0.2, 0.25) is 11.6 Å². The van der Waals surface area contributed by atoms with E-state index in [1.165, 1.54) is 12.1 Å². The monoisotopic (exact) mass is 193 g/mol. The summed E-state index contributed by atoms with van der Waals surface area (Å²) in [5.41, 5.74) is 0.157. The molecular weight excluding hydrogens is 186 g/mol. The molecule has 5 heteroatoms. The number of aliphatic hydroxyl groups excluding tert-OH is 1. The predicted molar refractivity (Wildman–Crippen MR) is 46.2 cm³/mol. The molecule has 0 unspecified atom stereocenters. The third-order valence-corrected chi connectivity index (χ3v) is 1.98. The maximum absolute atomic E-state index is 11.0. The van der Waals surface area contributed by atoms with Crippen LogP contribution >= 0.6 is 0 Å². The molecule has 1 heterocycles. The van der Waals surface area contributed by atoms with E-state index in [0.717, 1.165) is 6.08 Å². The largest absolute Gasteiger partial charge is 0.363 e. The zero-order valence-electron chi connectivity index (χ0n) is 7.02. The van der Waals surface area contributed by atoms with E-state index in [1.54, 1.807) is 0 Å². The minimum atomic E-state index is -1.63. The van der Waals surface area contributed by atoms with E-state index in [9.17, 15) is 9.59 Å². The smallest absolute Gasteiger partial charge is 0.227 e. The summed E-state index contributed by atoms with van der Waals surface area (Å²) in [5.74, 6) is -1.21. The fourth-order valence-electron chi connectivity index (χ4n) is 1.30. The van der Waals surface area contributed by atoms with Gasteiger partial charge in [-0.1, -0.05) is 0 Å². The number of Topliss-reactive ketones (excluding diaryl/α,β-unsaturated/α-hetero) is 2. The summed E-state index contributed by atoms with van der Waals surface area (Å²) in [6.45, 7) is 0. The van der Waals surface area contributed by atoms with Crippen molar-refractivity contribution in [3.63, 3.8) is 0 Å². The average molecular weight is 193 g/mol. The molecule has 3 N–H and O–H groups in total. The quantitative estimate of drug-likeness (QED) is 0.346. The van der Waals surface area contributed by atoms with Crippen molar-refractivity contribution in [3.05, 3.63) is 22.3 Å². The summed E-state index contributed by atoms with van der Waals surface area (Å²) in [5, 5.41) is 18.6. The topological polar surface area (TPSA) is 90.4 Å². The van der Waals surface area contributed by atoms with Gasteiger partial charge >= 0.3 is 0 Å². The van der Waals surface area contributed by atoms with Crippen LogP contribution in [0.5, 0.6) is 0 Å². The van der Waals surface area contributed by atoms with Gasteiger partial charge in [0.15, 0.2) is 6.29 Å². The molecule has 0 saturated heterocycles. The van der Waals surface area contributed by atoms with Crippen LogP contribution in [0.2, 0.25) is 0 Å². The lowest BCUT2D eigenvalue weighted by molar-refractivity contribution is -0.129. The number of aromatic nitrogens is 1. The Kier molecular flexibility index (Phi) is 1.83. The average Bonchev–Trinajstić information content (AvgIpc) is 2.48. The fraction of sp³-hybridized carbons (Fsp3) is 0.111. The van der Waals surface area contributed by atoms with Gasteiger partial charge in [0.05, 0.1) is 5.69 Å². The molecule has 72 valence electrons. The van der Waals surface area contributed by atoms with Gasteiger partial charge in [-0.05, 0) is 12.1 Å². The Morgan fingerprint density at radius 1 is 1.14 bits per heavy atom. The Bertz CT molecular complexity index is 480. The number of carbonyl (C=O) groups excluding carboxylic acids is 2. The third-order valence-electron chi connectivity index (χ3n) is 1.98. The van der Waals surface area contributed by atoms with Crippen molar-refractivity contribution in [1.82, 2.24) is 4.98 Å². The van der Waals surface area contributed by atoms with Crippen LogP contribution in [0.25, 0.3) is 12.2 Å². The SMILES string of the molecule is O=C1C=c2cc(C(O)O)[nH]c2=CC1=O. The molecule has 0 aromatic carbocycles. The van der Waals surface area contributed by atoms with Gasteiger partial charge in [-0.15, -0.1) is 0 Å². The molecule has 0 amide bonds. The highest BCUT2D eigenvalue weighted by molar-refractivity contribution is 6.57. The maximum Gasteiger partial charge on any atom is 0.227 e.